The second-order valence-corrected chi connectivity index (χ2v) is 6.29. The van der Waals surface area contributed by atoms with Crippen molar-refractivity contribution >= 4 is 22.7 Å². The summed E-state index contributed by atoms with van der Waals surface area (Å²) in [4.78, 5) is 16.0. The number of hydrogen-bond donors (Lipinski definition) is 2. The van der Waals surface area contributed by atoms with E-state index in [9.17, 15) is 14.3 Å². The number of nitrogens with zero attached hydrogens (tertiary/aromatic N) is 4. The van der Waals surface area contributed by atoms with E-state index in [0.717, 1.165) is 11.3 Å². The van der Waals surface area contributed by atoms with E-state index >= 15 is 0 Å². The van der Waals surface area contributed by atoms with Crippen molar-refractivity contribution in [2.24, 2.45) is 0 Å². The summed E-state index contributed by atoms with van der Waals surface area (Å²) >= 11 is 0. The van der Waals surface area contributed by atoms with Gasteiger partial charge in [-0.2, -0.15) is 10.1 Å². The zero-order chi connectivity index (χ0) is 19.7. The Morgan fingerprint density at radius 3 is 2.82 bits per heavy atom. The normalized spacial score (nSPS) is 10.9. The van der Waals surface area contributed by atoms with Gasteiger partial charge in [0.2, 0.25) is 0 Å². The molecule has 140 valence electrons. The highest BCUT2D eigenvalue weighted by molar-refractivity contribution is 6.03. The first-order valence-electron chi connectivity index (χ1n) is 8.56. The molecule has 0 aliphatic rings. The van der Waals surface area contributed by atoms with Gasteiger partial charge in [0.1, 0.15) is 5.82 Å². The monoisotopic (exact) mass is 377 g/mol. The molecule has 0 unspecified atom stereocenters. The van der Waals surface area contributed by atoms with Crippen LogP contribution in [-0.4, -0.2) is 30.8 Å². The maximum absolute atomic E-state index is 13.3. The lowest BCUT2D eigenvalue weighted by Gasteiger charge is -2.09. The summed E-state index contributed by atoms with van der Waals surface area (Å²) in [6.07, 6.45) is 1.48. The molecule has 2 N–H and O–H groups in total. The Bertz CT molecular complexity index is 1190. The van der Waals surface area contributed by atoms with Crippen molar-refractivity contribution in [3.63, 3.8) is 0 Å². The van der Waals surface area contributed by atoms with Crippen LogP contribution in [0.5, 0.6) is 0 Å². The van der Waals surface area contributed by atoms with Gasteiger partial charge in [-0.05, 0) is 42.8 Å². The van der Waals surface area contributed by atoms with E-state index in [4.69, 9.17) is 0 Å². The predicted octanol–water partition coefficient (Wildman–Crippen LogP) is 3.57. The summed E-state index contributed by atoms with van der Waals surface area (Å²) in [6.45, 7) is 2.23. The van der Waals surface area contributed by atoms with Crippen LogP contribution in [0.15, 0.2) is 54.7 Å². The maximum atomic E-state index is 13.3. The number of aromatic nitrogens is 4. The molecule has 0 aliphatic heterocycles. The van der Waals surface area contributed by atoms with Gasteiger partial charge in [-0.3, -0.25) is 4.57 Å². The number of anilines is 1. The van der Waals surface area contributed by atoms with E-state index < -0.39 is 5.97 Å². The lowest BCUT2D eigenvalue weighted by atomic mass is 10.1. The third kappa shape index (κ3) is 3.27. The average Bonchev–Trinajstić information content (AvgIpc) is 3.02. The first kappa shape index (κ1) is 17.6. The van der Waals surface area contributed by atoms with Crippen LogP contribution in [-0.2, 0) is 6.54 Å². The second kappa shape index (κ2) is 7.07. The van der Waals surface area contributed by atoms with Crippen molar-refractivity contribution in [2.45, 2.75) is 13.5 Å². The molecule has 0 fully saturated rings. The van der Waals surface area contributed by atoms with Crippen LogP contribution in [0.25, 0.3) is 16.9 Å². The maximum Gasteiger partial charge on any atom is 0.336 e. The SMILES string of the molecule is Cc1cc2c(C(=O)O)cccc2n1-c1nncc(NCc2cccc(F)c2)n1. The Kier molecular flexibility index (Phi) is 4.44. The molecule has 7 nitrogen and oxygen atoms in total. The summed E-state index contributed by atoms with van der Waals surface area (Å²) in [5.41, 5.74) is 2.45. The van der Waals surface area contributed by atoms with Gasteiger partial charge in [0, 0.05) is 17.6 Å². The van der Waals surface area contributed by atoms with E-state index in [-0.39, 0.29) is 11.4 Å². The fourth-order valence-corrected chi connectivity index (χ4v) is 3.13. The summed E-state index contributed by atoms with van der Waals surface area (Å²) in [7, 11) is 0. The Morgan fingerprint density at radius 1 is 1.21 bits per heavy atom. The zero-order valence-corrected chi connectivity index (χ0v) is 14.9. The number of halogens is 1. The van der Waals surface area contributed by atoms with E-state index in [1.165, 1.54) is 18.3 Å². The van der Waals surface area contributed by atoms with Crippen molar-refractivity contribution in [3.8, 4) is 5.95 Å². The van der Waals surface area contributed by atoms with Gasteiger partial charge in [0.15, 0.2) is 5.82 Å². The van der Waals surface area contributed by atoms with Crippen molar-refractivity contribution in [1.82, 2.24) is 19.7 Å². The van der Waals surface area contributed by atoms with Crippen LogP contribution in [0.4, 0.5) is 10.2 Å². The molecule has 4 aromatic rings. The minimum absolute atomic E-state index is 0.215. The fraction of sp³-hybridized carbons (Fsp3) is 0.100. The van der Waals surface area contributed by atoms with E-state index in [2.05, 4.69) is 20.5 Å². The third-order valence-corrected chi connectivity index (χ3v) is 4.37. The molecule has 4 rings (SSSR count). The van der Waals surface area contributed by atoms with Gasteiger partial charge < -0.3 is 10.4 Å². The zero-order valence-electron chi connectivity index (χ0n) is 14.9. The number of hydrogen-bond acceptors (Lipinski definition) is 5. The highest BCUT2D eigenvalue weighted by Crippen LogP contribution is 2.25. The molecule has 0 spiro atoms. The molecule has 28 heavy (non-hydrogen) atoms. The number of carboxylic acid groups (broad SMARTS) is 1. The molecule has 0 bridgehead atoms. The second-order valence-electron chi connectivity index (χ2n) is 6.29. The molecular formula is C20H16FN5O2. The minimum atomic E-state index is -0.993. The minimum Gasteiger partial charge on any atom is -0.478 e. The van der Waals surface area contributed by atoms with Gasteiger partial charge >= 0.3 is 5.97 Å². The lowest BCUT2D eigenvalue weighted by Crippen LogP contribution is -2.08. The fourth-order valence-electron chi connectivity index (χ4n) is 3.13. The molecule has 0 amide bonds. The van der Waals surface area contributed by atoms with Crippen molar-refractivity contribution in [1.29, 1.82) is 0 Å². The number of aryl methyl sites for hydroxylation is 1. The van der Waals surface area contributed by atoms with Crippen LogP contribution in [0.1, 0.15) is 21.6 Å². The molecule has 0 aliphatic carbocycles. The Labute approximate surface area is 159 Å². The predicted molar refractivity (Wildman–Crippen MR) is 102 cm³/mol. The summed E-state index contributed by atoms with van der Waals surface area (Å²) in [5.74, 6) is -0.499. The molecular weight excluding hydrogens is 361 g/mol. The number of carboxylic acids is 1. The van der Waals surface area contributed by atoms with Crippen LogP contribution in [0, 0.1) is 12.7 Å². The van der Waals surface area contributed by atoms with Gasteiger partial charge in [-0.1, -0.05) is 18.2 Å². The van der Waals surface area contributed by atoms with Crippen molar-refractivity contribution in [3.05, 3.63) is 77.4 Å². The largest absolute Gasteiger partial charge is 0.478 e. The van der Waals surface area contributed by atoms with Crippen LogP contribution < -0.4 is 5.32 Å². The van der Waals surface area contributed by atoms with E-state index in [0.29, 0.717) is 29.2 Å². The number of fused-ring (bicyclic) bond motifs is 1. The first-order chi connectivity index (χ1) is 13.5. The van der Waals surface area contributed by atoms with Gasteiger partial charge in [0.05, 0.1) is 17.3 Å². The van der Waals surface area contributed by atoms with Gasteiger partial charge in [-0.25, -0.2) is 9.18 Å². The van der Waals surface area contributed by atoms with Gasteiger partial charge in [0.25, 0.3) is 5.95 Å². The number of rotatable bonds is 5. The van der Waals surface area contributed by atoms with Crippen molar-refractivity contribution in [2.75, 3.05) is 5.32 Å². The summed E-state index contributed by atoms with van der Waals surface area (Å²) in [6, 6.07) is 13.1. The quantitative estimate of drug-likeness (QED) is 0.552. The first-order valence-corrected chi connectivity index (χ1v) is 8.56. The number of benzene rings is 2. The highest BCUT2D eigenvalue weighted by atomic mass is 19.1. The molecule has 2 heterocycles. The molecule has 0 saturated carbocycles. The van der Waals surface area contributed by atoms with E-state index in [1.807, 2.05) is 19.1 Å². The van der Waals surface area contributed by atoms with Crippen molar-refractivity contribution < 1.29 is 14.3 Å². The average molecular weight is 377 g/mol. The van der Waals surface area contributed by atoms with Crippen LogP contribution >= 0.6 is 0 Å². The summed E-state index contributed by atoms with van der Waals surface area (Å²) < 4.78 is 15.1. The topological polar surface area (TPSA) is 92.9 Å². The molecule has 2 aromatic heterocycles. The standard InChI is InChI=1S/C20H16FN5O2/c1-12-8-16-15(19(27)28)6-3-7-17(16)26(12)20-24-18(11-23-25-20)22-10-13-4-2-5-14(21)9-13/h2-9,11H,10H2,1H3,(H,27,28)(H,22,24,25). The molecule has 0 saturated heterocycles. The molecule has 8 heteroatoms. The van der Waals surface area contributed by atoms with Gasteiger partial charge in [-0.15, -0.1) is 5.10 Å². The number of aromatic carboxylic acids is 1. The Morgan fingerprint density at radius 2 is 2.04 bits per heavy atom. The smallest absolute Gasteiger partial charge is 0.336 e. The van der Waals surface area contributed by atoms with E-state index in [1.54, 1.807) is 28.8 Å². The Balaban J connectivity index is 1.69. The molecule has 2 aromatic carbocycles. The van der Waals surface area contributed by atoms with Crippen LogP contribution in [0.3, 0.4) is 0 Å². The highest BCUT2D eigenvalue weighted by Gasteiger charge is 2.16. The summed E-state index contributed by atoms with van der Waals surface area (Å²) in [5, 5.41) is 21.2. The Hall–Kier alpha value is -3.81. The lowest BCUT2D eigenvalue weighted by molar-refractivity contribution is 0.0699. The molecule has 0 radical (unpaired) electrons. The third-order valence-electron chi connectivity index (χ3n) is 4.37. The van der Waals surface area contributed by atoms with Crippen LogP contribution in [0.2, 0.25) is 0 Å². The number of nitrogens with one attached hydrogen (secondary N) is 1. The number of carbonyl (C=O) groups is 1. The molecule has 0 atom stereocenters.